The molecule has 0 amide bonds. The Bertz CT molecular complexity index is 6240. The maximum atomic E-state index is 7.30. The van der Waals surface area contributed by atoms with Crippen molar-refractivity contribution >= 4 is 83.9 Å². The summed E-state index contributed by atoms with van der Waals surface area (Å²) >= 11 is 0. The highest BCUT2D eigenvalue weighted by Crippen LogP contribution is 2.59. The van der Waals surface area contributed by atoms with Crippen LogP contribution in [0.5, 0.6) is 0 Å². The number of hydrogen-bond donors (Lipinski definition) is 0. The average Bonchev–Trinajstić information content (AvgIpc) is 1.60. The van der Waals surface area contributed by atoms with Crippen molar-refractivity contribution in [3.63, 3.8) is 0 Å². The third-order valence-corrected chi connectivity index (χ3v) is 22.0. The summed E-state index contributed by atoms with van der Waals surface area (Å²) in [6.45, 7) is -0.229. The fourth-order valence-electron chi connectivity index (χ4n) is 17.6. The van der Waals surface area contributed by atoms with Gasteiger partial charge >= 0.3 is 0 Å². The quantitative estimate of drug-likeness (QED) is 0.127. The smallest absolute Gasteiger partial charge is 0.252 e. The van der Waals surface area contributed by atoms with Crippen LogP contribution in [-0.4, -0.2) is 11.3 Å². The predicted octanol–water partition coefficient (Wildman–Crippen LogP) is 23.3. The first kappa shape index (κ1) is 57.1. The van der Waals surface area contributed by atoms with Crippen LogP contribution in [0.4, 0.5) is 17.1 Å². The molecule has 16 aromatic carbocycles. The van der Waals surface area contributed by atoms with Crippen molar-refractivity contribution in [3.8, 4) is 94.7 Å². The zero-order valence-electron chi connectivity index (χ0n) is 55.1. The Labute approximate surface area is 586 Å². The predicted molar refractivity (Wildman–Crippen MR) is 423 cm³/mol. The summed E-state index contributed by atoms with van der Waals surface area (Å²) in [6, 6.07) is 138. The van der Waals surface area contributed by atoms with Gasteiger partial charge in [0.15, 0.2) is 0 Å². The van der Waals surface area contributed by atoms with E-state index in [0.717, 1.165) is 106 Å². The molecule has 0 unspecified atom stereocenters. The standard InChI is InChI=1S/C97H61BN2O/c1-7-26-62(27-8-1)66-34-21-37-69(52-66)73-55-90-94-91(56-73)100(95-76(71-38-22-35-67(53-71)63-28-9-2-10-29-63)45-24-46-77(95)72-39-23-36-68(54-72)64-30-11-3-12-31-64)89-59-83-79-51-50-70(65-32-13-4-14-33-65)57-92(79)101-93(83)61-87(89)98(94)86-49-25-47-80-82-58-81-78-44-19-20-48-84(78)97(74-40-15-5-16-41-74,75-42-17-6-18-43-75)85(81)60-88(82)99(90)96(80)86/h1-61H. The van der Waals surface area contributed by atoms with E-state index in [1.165, 1.54) is 88.3 Å². The first-order valence-electron chi connectivity index (χ1n) is 35.1. The Morgan fingerprint density at radius 3 is 1.32 bits per heavy atom. The second kappa shape index (κ2) is 22.5. The molecule has 0 radical (unpaired) electrons. The summed E-state index contributed by atoms with van der Waals surface area (Å²) in [7, 11) is 0. The molecule has 1 aliphatic carbocycles. The Morgan fingerprint density at radius 1 is 0.257 bits per heavy atom. The summed E-state index contributed by atoms with van der Waals surface area (Å²) in [5.74, 6) is 0. The second-order valence-electron chi connectivity index (χ2n) is 27.3. The fraction of sp³-hybridized carbons (Fsp3) is 0.0103. The lowest BCUT2D eigenvalue weighted by Gasteiger charge is -2.42. The first-order chi connectivity index (χ1) is 50.1. The monoisotopic (exact) mass is 1280 g/mol. The van der Waals surface area contributed by atoms with Crippen LogP contribution in [0.25, 0.3) is 138 Å². The van der Waals surface area contributed by atoms with E-state index >= 15 is 0 Å². The number of nitrogens with zero attached hydrogens (tertiary/aromatic N) is 2. The minimum absolute atomic E-state index is 0.229. The Hall–Kier alpha value is -13.0. The SMILES string of the molecule is c1ccc(-c2cccc(-c3cc4c5c(c3)-n3c6cc7c(cc6c6cccc(c63)B5c3cc5oc6cc(-c8ccccc8)ccc6c5cc3N4c3c(-c4cccc(-c5ccccc5)c4)cccc3-c3cccc(-c4ccccc4)c3)-c3ccccc3C7(c3ccccc3)c3ccccc3)c2)cc1. The lowest BCUT2D eigenvalue weighted by atomic mass is 9.33. The van der Waals surface area contributed by atoms with Crippen molar-refractivity contribution in [3.05, 3.63) is 392 Å². The lowest BCUT2D eigenvalue weighted by Crippen LogP contribution is -2.60. The van der Waals surface area contributed by atoms with Crippen molar-refractivity contribution in [2.45, 2.75) is 5.41 Å². The van der Waals surface area contributed by atoms with E-state index in [4.69, 9.17) is 4.42 Å². The molecule has 0 fully saturated rings. The topological polar surface area (TPSA) is 21.3 Å². The third-order valence-electron chi connectivity index (χ3n) is 22.0. The zero-order chi connectivity index (χ0) is 66.3. The van der Waals surface area contributed by atoms with Crippen molar-refractivity contribution in [2.24, 2.45) is 0 Å². The molecule has 468 valence electrons. The van der Waals surface area contributed by atoms with Gasteiger partial charge in [0.1, 0.15) is 11.2 Å². The number of hydrogen-bond acceptors (Lipinski definition) is 2. The summed E-state index contributed by atoms with van der Waals surface area (Å²) < 4.78 is 9.98. The number of rotatable bonds is 10. The number of anilines is 3. The van der Waals surface area contributed by atoms with Crippen molar-refractivity contribution in [1.82, 2.24) is 4.57 Å². The van der Waals surface area contributed by atoms with Crippen LogP contribution in [0.15, 0.2) is 374 Å². The van der Waals surface area contributed by atoms with Crippen LogP contribution in [0.2, 0.25) is 0 Å². The van der Waals surface area contributed by atoms with Crippen molar-refractivity contribution < 1.29 is 4.42 Å². The van der Waals surface area contributed by atoms with Gasteiger partial charge in [-0.2, -0.15) is 0 Å². The van der Waals surface area contributed by atoms with Gasteiger partial charge in [-0.25, -0.2) is 0 Å². The molecule has 3 nitrogen and oxygen atoms in total. The Kier molecular flexibility index (Phi) is 12.7. The maximum Gasteiger partial charge on any atom is 0.252 e. The Morgan fingerprint density at radius 2 is 0.723 bits per heavy atom. The van der Waals surface area contributed by atoms with E-state index < -0.39 is 5.41 Å². The molecule has 4 heteroatoms. The molecular weight excluding hydrogens is 1220 g/mol. The van der Waals surface area contributed by atoms with Gasteiger partial charge in [-0.15, -0.1) is 0 Å². The number of furan rings is 1. The lowest BCUT2D eigenvalue weighted by molar-refractivity contribution is 0.669. The summed E-state index contributed by atoms with van der Waals surface area (Å²) in [6.07, 6.45) is 0. The highest BCUT2D eigenvalue weighted by atomic mass is 16.3. The molecule has 4 heterocycles. The van der Waals surface area contributed by atoms with Gasteiger partial charge in [0.2, 0.25) is 0 Å². The van der Waals surface area contributed by atoms with Gasteiger partial charge in [-0.05, 0) is 183 Å². The van der Waals surface area contributed by atoms with Crippen molar-refractivity contribution in [2.75, 3.05) is 4.90 Å². The molecule has 0 saturated carbocycles. The first-order valence-corrected chi connectivity index (χ1v) is 35.1. The van der Waals surface area contributed by atoms with Crippen LogP contribution < -0.4 is 21.3 Å². The summed E-state index contributed by atoms with van der Waals surface area (Å²) in [5, 5.41) is 4.58. The van der Waals surface area contributed by atoms with E-state index in [1.807, 2.05) is 0 Å². The van der Waals surface area contributed by atoms with E-state index in [0.29, 0.717) is 0 Å². The molecule has 0 atom stereocenters. The second-order valence-corrected chi connectivity index (χ2v) is 27.3. The van der Waals surface area contributed by atoms with Gasteiger partial charge < -0.3 is 13.9 Å². The van der Waals surface area contributed by atoms with Gasteiger partial charge in [0.25, 0.3) is 6.71 Å². The van der Waals surface area contributed by atoms with E-state index in [9.17, 15) is 0 Å². The normalized spacial score (nSPS) is 13.0. The number of fused-ring (bicyclic) bond motifs is 13. The van der Waals surface area contributed by atoms with Crippen LogP contribution in [0, 0.1) is 0 Å². The molecule has 101 heavy (non-hydrogen) atoms. The average molecular weight is 1280 g/mol. The largest absolute Gasteiger partial charge is 0.456 e. The van der Waals surface area contributed by atoms with Gasteiger partial charge in [-0.3, -0.25) is 0 Å². The van der Waals surface area contributed by atoms with E-state index in [-0.39, 0.29) is 6.71 Å². The van der Waals surface area contributed by atoms with E-state index in [2.05, 4.69) is 380 Å². The highest BCUT2D eigenvalue weighted by Gasteiger charge is 2.48. The molecule has 0 bridgehead atoms. The fourth-order valence-corrected chi connectivity index (χ4v) is 17.6. The Balaban J connectivity index is 0.919. The van der Waals surface area contributed by atoms with E-state index in [1.54, 1.807) is 0 Å². The molecule has 21 rings (SSSR count). The van der Waals surface area contributed by atoms with Gasteiger partial charge in [-0.1, -0.05) is 303 Å². The molecule has 2 aliphatic heterocycles. The van der Waals surface area contributed by atoms with Crippen molar-refractivity contribution in [1.29, 1.82) is 0 Å². The van der Waals surface area contributed by atoms with Crippen LogP contribution in [-0.2, 0) is 5.41 Å². The minimum atomic E-state index is -0.621. The summed E-state index contributed by atoms with van der Waals surface area (Å²) in [4.78, 5) is 2.68. The highest BCUT2D eigenvalue weighted by molar-refractivity contribution is 7.00. The molecule has 2 aromatic heterocycles. The molecule has 0 N–H and O–H groups in total. The van der Waals surface area contributed by atoms with Gasteiger partial charge in [0.05, 0.1) is 16.6 Å². The van der Waals surface area contributed by atoms with Crippen LogP contribution in [0.1, 0.15) is 22.3 Å². The maximum absolute atomic E-state index is 7.30. The third kappa shape index (κ3) is 8.68. The molecule has 3 aliphatic rings. The van der Waals surface area contributed by atoms with Gasteiger partial charge in [0, 0.05) is 55.3 Å². The van der Waals surface area contributed by atoms with Crippen LogP contribution >= 0.6 is 0 Å². The molecule has 18 aromatic rings. The summed E-state index contributed by atoms with van der Waals surface area (Å²) in [5.41, 5.74) is 35.1. The number of para-hydroxylation sites is 2. The molecular formula is C97H61BN2O. The minimum Gasteiger partial charge on any atom is -0.456 e. The number of aromatic nitrogens is 1. The molecule has 0 saturated heterocycles. The molecule has 0 spiro atoms. The van der Waals surface area contributed by atoms with Crippen LogP contribution in [0.3, 0.4) is 0 Å². The number of benzene rings is 16. The zero-order valence-corrected chi connectivity index (χ0v) is 55.1.